The van der Waals surface area contributed by atoms with Gasteiger partial charge in [0.05, 0.1) is 6.54 Å². The normalized spacial score (nSPS) is 21.4. The van der Waals surface area contributed by atoms with E-state index < -0.39 is 17.7 Å². The second-order valence-electron chi connectivity index (χ2n) is 5.85. The summed E-state index contributed by atoms with van der Waals surface area (Å²) in [6, 6.07) is 2.41. The molecule has 7 heteroatoms. The molecule has 2 atom stereocenters. The van der Waals surface area contributed by atoms with Gasteiger partial charge in [0.25, 0.3) is 0 Å². The molecular weight excluding hydrogens is 286 g/mol. The van der Waals surface area contributed by atoms with Gasteiger partial charge in [-0.3, -0.25) is 4.79 Å². The van der Waals surface area contributed by atoms with Crippen LogP contribution in [0, 0.1) is 6.92 Å². The van der Waals surface area contributed by atoms with E-state index in [2.05, 4.69) is 16.0 Å². The molecule has 7 nitrogen and oxygen atoms in total. The van der Waals surface area contributed by atoms with Gasteiger partial charge in [-0.2, -0.15) is 0 Å². The summed E-state index contributed by atoms with van der Waals surface area (Å²) in [7, 11) is 0. The fraction of sp³-hybridized carbons (Fsp3) is 0.600. The van der Waals surface area contributed by atoms with Crippen LogP contribution in [0.4, 0.5) is 4.79 Å². The largest absolute Gasteiger partial charge is 0.463 e. The molecule has 0 aromatic carbocycles. The van der Waals surface area contributed by atoms with E-state index in [1.807, 2.05) is 0 Å². The molecule has 0 aliphatic carbocycles. The van der Waals surface area contributed by atoms with Crippen LogP contribution in [0.15, 0.2) is 16.5 Å². The maximum absolute atomic E-state index is 11.9. The highest BCUT2D eigenvalue weighted by molar-refractivity contribution is 5.87. The predicted octanol–water partition coefficient (Wildman–Crippen LogP) is 0.763. The number of carbonyl (C=O) groups excluding carboxylic acids is 2. The highest BCUT2D eigenvalue weighted by atomic mass is 16.4. The lowest BCUT2D eigenvalue weighted by Crippen LogP contribution is -2.51. The fourth-order valence-electron chi connectivity index (χ4n) is 2.35. The van der Waals surface area contributed by atoms with Crippen molar-refractivity contribution in [1.82, 2.24) is 16.0 Å². The maximum atomic E-state index is 11.9. The Bertz CT molecular complexity index is 539. The van der Waals surface area contributed by atoms with Gasteiger partial charge in [0.15, 0.2) is 0 Å². The molecule has 0 saturated carbocycles. The number of rotatable bonds is 4. The highest BCUT2D eigenvalue weighted by Crippen LogP contribution is 2.21. The lowest BCUT2D eigenvalue weighted by molar-refractivity contribution is -0.122. The lowest BCUT2D eigenvalue weighted by Gasteiger charge is -2.22. The molecular formula is C15H23N3O4. The van der Waals surface area contributed by atoms with Crippen molar-refractivity contribution in [3.05, 3.63) is 23.7 Å². The Morgan fingerprint density at radius 3 is 2.95 bits per heavy atom. The first-order chi connectivity index (χ1) is 10.4. The molecule has 1 aliphatic rings. The van der Waals surface area contributed by atoms with E-state index in [1.165, 1.54) is 0 Å². The molecule has 0 bridgehead atoms. The first-order valence-corrected chi connectivity index (χ1v) is 7.50. The van der Waals surface area contributed by atoms with Crippen molar-refractivity contribution in [3.8, 4) is 0 Å². The third kappa shape index (κ3) is 4.24. The summed E-state index contributed by atoms with van der Waals surface area (Å²) in [6.07, 6.45) is 2.41. The van der Waals surface area contributed by atoms with Gasteiger partial charge in [0.1, 0.15) is 23.2 Å². The third-order valence-electron chi connectivity index (χ3n) is 3.70. The highest BCUT2D eigenvalue weighted by Gasteiger charge is 2.28. The van der Waals surface area contributed by atoms with Crippen LogP contribution in [0.2, 0.25) is 0 Å². The number of nitrogens with one attached hydrogen (secondary N) is 3. The van der Waals surface area contributed by atoms with Crippen LogP contribution in [0.1, 0.15) is 37.7 Å². The SMILES string of the molecule is Cc1ccc(C(C)(O)CNC(=O)NC2CCCCNC2=O)o1. The maximum Gasteiger partial charge on any atom is 0.315 e. The summed E-state index contributed by atoms with van der Waals surface area (Å²) in [5.41, 5.74) is -1.31. The molecule has 0 spiro atoms. The van der Waals surface area contributed by atoms with Gasteiger partial charge >= 0.3 is 6.03 Å². The van der Waals surface area contributed by atoms with Gasteiger partial charge in [-0.1, -0.05) is 0 Å². The molecule has 122 valence electrons. The Balaban J connectivity index is 1.85. The van der Waals surface area contributed by atoms with Gasteiger partial charge < -0.3 is 25.5 Å². The first kappa shape index (κ1) is 16.4. The van der Waals surface area contributed by atoms with Gasteiger partial charge in [0.2, 0.25) is 5.91 Å². The Morgan fingerprint density at radius 1 is 1.50 bits per heavy atom. The smallest absolute Gasteiger partial charge is 0.315 e. The van der Waals surface area contributed by atoms with Crippen molar-refractivity contribution in [2.45, 2.75) is 44.8 Å². The summed E-state index contributed by atoms with van der Waals surface area (Å²) >= 11 is 0. The van der Waals surface area contributed by atoms with Gasteiger partial charge in [-0.05, 0) is 45.2 Å². The molecule has 1 saturated heterocycles. The van der Waals surface area contributed by atoms with Crippen molar-refractivity contribution in [2.24, 2.45) is 0 Å². The summed E-state index contributed by atoms with van der Waals surface area (Å²) in [5, 5.41) is 18.3. The first-order valence-electron chi connectivity index (χ1n) is 7.50. The summed E-state index contributed by atoms with van der Waals surface area (Å²) < 4.78 is 5.38. The molecule has 1 aromatic rings. The van der Waals surface area contributed by atoms with Crippen LogP contribution in [0.25, 0.3) is 0 Å². The molecule has 1 aromatic heterocycles. The molecule has 1 aliphatic heterocycles. The summed E-state index contributed by atoms with van der Waals surface area (Å²) in [4.78, 5) is 23.7. The number of hydrogen-bond acceptors (Lipinski definition) is 4. The van der Waals surface area contributed by atoms with Crippen LogP contribution >= 0.6 is 0 Å². The number of carbonyl (C=O) groups is 2. The van der Waals surface area contributed by atoms with Crippen LogP contribution in [-0.2, 0) is 10.4 Å². The Labute approximate surface area is 129 Å². The zero-order valence-corrected chi connectivity index (χ0v) is 12.9. The van der Waals surface area contributed by atoms with Crippen LogP contribution in [0.3, 0.4) is 0 Å². The summed E-state index contributed by atoms with van der Waals surface area (Å²) in [6.45, 7) is 3.97. The number of aryl methyl sites for hydroxylation is 1. The fourth-order valence-corrected chi connectivity index (χ4v) is 2.35. The number of hydrogen-bond donors (Lipinski definition) is 4. The molecule has 0 radical (unpaired) electrons. The minimum Gasteiger partial charge on any atom is -0.463 e. The zero-order valence-electron chi connectivity index (χ0n) is 12.9. The Hall–Kier alpha value is -2.02. The molecule has 2 rings (SSSR count). The van der Waals surface area contributed by atoms with E-state index in [1.54, 1.807) is 26.0 Å². The van der Waals surface area contributed by atoms with E-state index in [0.717, 1.165) is 12.8 Å². The number of aliphatic hydroxyl groups is 1. The Kier molecular flexibility index (Phi) is 5.07. The van der Waals surface area contributed by atoms with Crippen LogP contribution in [-0.4, -0.2) is 36.2 Å². The number of furan rings is 1. The van der Waals surface area contributed by atoms with E-state index in [4.69, 9.17) is 4.42 Å². The molecule has 3 amide bonds. The third-order valence-corrected chi connectivity index (χ3v) is 3.70. The van der Waals surface area contributed by atoms with Crippen LogP contribution in [0.5, 0.6) is 0 Å². The second-order valence-corrected chi connectivity index (χ2v) is 5.85. The average Bonchev–Trinajstić information content (AvgIpc) is 2.81. The van der Waals surface area contributed by atoms with E-state index in [0.29, 0.717) is 24.5 Å². The molecule has 2 heterocycles. The average molecular weight is 309 g/mol. The van der Waals surface area contributed by atoms with Crippen molar-refractivity contribution in [3.63, 3.8) is 0 Å². The lowest BCUT2D eigenvalue weighted by atomic mass is 10.0. The van der Waals surface area contributed by atoms with Crippen molar-refractivity contribution < 1.29 is 19.1 Å². The quantitative estimate of drug-likeness (QED) is 0.659. The number of urea groups is 1. The second kappa shape index (κ2) is 6.83. The van der Waals surface area contributed by atoms with E-state index >= 15 is 0 Å². The monoisotopic (exact) mass is 309 g/mol. The molecule has 1 fully saturated rings. The standard InChI is InChI=1S/C15H23N3O4/c1-10-6-7-12(22-10)15(2,21)9-17-14(20)18-11-5-3-4-8-16-13(11)19/h6-7,11,21H,3-5,8-9H2,1-2H3,(H,16,19)(H2,17,18,20). The molecule has 2 unspecified atom stereocenters. The van der Waals surface area contributed by atoms with E-state index in [9.17, 15) is 14.7 Å². The van der Waals surface area contributed by atoms with Gasteiger partial charge in [0, 0.05) is 6.54 Å². The zero-order chi connectivity index (χ0) is 16.2. The minimum absolute atomic E-state index is 0.0138. The molecule has 22 heavy (non-hydrogen) atoms. The number of amides is 3. The topological polar surface area (TPSA) is 104 Å². The molecule has 4 N–H and O–H groups in total. The van der Waals surface area contributed by atoms with Gasteiger partial charge in [-0.15, -0.1) is 0 Å². The van der Waals surface area contributed by atoms with Crippen molar-refractivity contribution >= 4 is 11.9 Å². The van der Waals surface area contributed by atoms with Crippen LogP contribution < -0.4 is 16.0 Å². The van der Waals surface area contributed by atoms with Gasteiger partial charge in [-0.25, -0.2) is 4.79 Å². The summed E-state index contributed by atoms with van der Waals surface area (Å²) in [5.74, 6) is 0.911. The van der Waals surface area contributed by atoms with Crippen molar-refractivity contribution in [1.29, 1.82) is 0 Å². The minimum atomic E-state index is -1.31. The predicted molar refractivity (Wildman–Crippen MR) is 80.2 cm³/mol. The van der Waals surface area contributed by atoms with E-state index in [-0.39, 0.29) is 12.5 Å². The van der Waals surface area contributed by atoms with Crippen molar-refractivity contribution in [2.75, 3.05) is 13.1 Å². The Morgan fingerprint density at radius 2 is 2.27 bits per heavy atom.